The number of hydrogen-bond acceptors (Lipinski definition) is 5. The van der Waals surface area contributed by atoms with E-state index in [0.717, 1.165) is 20.4 Å². The van der Waals surface area contributed by atoms with Crippen LogP contribution in [0.5, 0.6) is 11.5 Å². The Morgan fingerprint density at radius 1 is 1.03 bits per heavy atom. The van der Waals surface area contributed by atoms with Crippen LogP contribution < -0.4 is 14.8 Å². The fourth-order valence-electron chi connectivity index (χ4n) is 3.18. The molecule has 1 amide bonds. The van der Waals surface area contributed by atoms with Gasteiger partial charge >= 0.3 is 0 Å². The number of nitrogens with zero attached hydrogens (tertiary/aromatic N) is 1. The van der Waals surface area contributed by atoms with E-state index in [1.165, 1.54) is 20.9 Å². The Morgan fingerprint density at radius 3 is 2.47 bits per heavy atom. The molecule has 0 spiro atoms. The Labute approximate surface area is 230 Å². The largest absolute Gasteiger partial charge is 0.490 e. The lowest BCUT2D eigenvalue weighted by atomic mass is 10.2. The first-order valence-electron chi connectivity index (χ1n) is 10.6. The third kappa shape index (κ3) is 6.54. The monoisotopic (exact) mass is 696 g/mol. The molecular formula is C26H22I2N2O3S. The van der Waals surface area contributed by atoms with Crippen LogP contribution in [0.25, 0.3) is 6.08 Å². The van der Waals surface area contributed by atoms with Gasteiger partial charge in [0.05, 0.1) is 20.8 Å². The van der Waals surface area contributed by atoms with Crippen molar-refractivity contribution in [2.24, 2.45) is 4.99 Å². The van der Waals surface area contributed by atoms with Crippen molar-refractivity contribution in [3.8, 4) is 11.5 Å². The first-order valence-corrected chi connectivity index (χ1v) is 13.6. The Morgan fingerprint density at radius 2 is 1.76 bits per heavy atom. The molecule has 5 nitrogen and oxygen atoms in total. The van der Waals surface area contributed by atoms with Crippen molar-refractivity contribution in [3.05, 3.63) is 89.4 Å². The number of carbonyl (C=O) groups is 1. The maximum absolute atomic E-state index is 12.5. The van der Waals surface area contributed by atoms with Gasteiger partial charge in [0.15, 0.2) is 16.7 Å². The molecule has 1 heterocycles. The van der Waals surface area contributed by atoms with Gasteiger partial charge in [0.25, 0.3) is 5.91 Å². The van der Waals surface area contributed by atoms with E-state index in [4.69, 9.17) is 9.47 Å². The van der Waals surface area contributed by atoms with Gasteiger partial charge in [0, 0.05) is 3.57 Å². The highest BCUT2D eigenvalue weighted by Crippen LogP contribution is 2.37. The molecule has 0 aromatic heterocycles. The molecule has 174 valence electrons. The Bertz CT molecular complexity index is 1260. The highest BCUT2D eigenvalue weighted by molar-refractivity contribution is 14.1. The summed E-state index contributed by atoms with van der Waals surface area (Å²) in [6.07, 6.45) is 1.85. The zero-order valence-corrected chi connectivity index (χ0v) is 23.7. The lowest BCUT2D eigenvalue weighted by Crippen LogP contribution is -2.19. The first kappa shape index (κ1) is 25.1. The molecule has 1 aliphatic rings. The van der Waals surface area contributed by atoms with Crippen molar-refractivity contribution in [1.29, 1.82) is 0 Å². The Kier molecular flexibility index (Phi) is 8.54. The molecule has 0 radical (unpaired) electrons. The minimum atomic E-state index is -0.164. The summed E-state index contributed by atoms with van der Waals surface area (Å²) < 4.78 is 14.1. The van der Waals surface area contributed by atoms with Gasteiger partial charge in [-0.1, -0.05) is 29.8 Å². The van der Waals surface area contributed by atoms with Gasteiger partial charge in [-0.05, 0) is 124 Å². The number of carbonyl (C=O) groups excluding carboxylic acids is 1. The summed E-state index contributed by atoms with van der Waals surface area (Å²) in [7, 11) is 0. The average molecular weight is 696 g/mol. The second-order valence-corrected chi connectivity index (χ2v) is 10.9. The standard InChI is InChI=1S/C26H22I2N2O3S/c1-3-32-22-13-18(12-21(28)24(22)33-15-17-6-8-19(27)9-7-17)14-23-25(31)30-26(34-23)29-20-10-4-16(2)5-11-20/h4-14H,3,15H2,1-2H3,(H,29,30,31)/b23-14+. The third-order valence-electron chi connectivity index (χ3n) is 4.84. The lowest BCUT2D eigenvalue weighted by molar-refractivity contribution is -0.115. The molecule has 3 aromatic rings. The van der Waals surface area contributed by atoms with Gasteiger partial charge in [-0.15, -0.1) is 0 Å². The number of aliphatic imine (C=N–C) groups is 1. The summed E-state index contributed by atoms with van der Waals surface area (Å²) in [6.45, 7) is 4.93. The second kappa shape index (κ2) is 11.6. The molecule has 8 heteroatoms. The third-order valence-corrected chi connectivity index (χ3v) is 7.27. The fraction of sp³-hybridized carbons (Fsp3) is 0.154. The van der Waals surface area contributed by atoms with Crippen LogP contribution in [0.4, 0.5) is 5.69 Å². The number of nitrogens with one attached hydrogen (secondary N) is 1. The molecule has 1 fully saturated rings. The second-order valence-electron chi connectivity index (χ2n) is 7.50. The predicted molar refractivity (Wildman–Crippen MR) is 156 cm³/mol. The smallest absolute Gasteiger partial charge is 0.264 e. The van der Waals surface area contributed by atoms with Crippen molar-refractivity contribution >= 4 is 79.8 Å². The SMILES string of the molecule is CCOc1cc(/C=C2/SC(=Nc3ccc(C)cc3)NC2=O)cc(I)c1OCc1ccc(I)cc1. The van der Waals surface area contributed by atoms with Gasteiger partial charge in [-0.25, -0.2) is 4.99 Å². The van der Waals surface area contributed by atoms with E-state index in [0.29, 0.717) is 34.8 Å². The van der Waals surface area contributed by atoms with Crippen LogP contribution in [0.3, 0.4) is 0 Å². The molecular weight excluding hydrogens is 674 g/mol. The summed E-state index contributed by atoms with van der Waals surface area (Å²) in [5, 5.41) is 3.41. The number of thioether (sulfide) groups is 1. The molecule has 0 unspecified atom stereocenters. The van der Waals surface area contributed by atoms with Crippen molar-refractivity contribution in [2.75, 3.05) is 6.61 Å². The molecule has 34 heavy (non-hydrogen) atoms. The number of amidine groups is 1. The van der Waals surface area contributed by atoms with Gasteiger partial charge in [-0.2, -0.15) is 0 Å². The number of rotatable bonds is 7. The van der Waals surface area contributed by atoms with E-state index < -0.39 is 0 Å². The zero-order valence-electron chi connectivity index (χ0n) is 18.6. The van der Waals surface area contributed by atoms with E-state index in [1.54, 1.807) is 0 Å². The minimum absolute atomic E-state index is 0.164. The molecule has 1 N–H and O–H groups in total. The van der Waals surface area contributed by atoms with E-state index >= 15 is 0 Å². The molecule has 0 aliphatic carbocycles. The number of aryl methyl sites for hydroxylation is 1. The van der Waals surface area contributed by atoms with E-state index in [2.05, 4.69) is 79.8 Å². The Hall–Kier alpha value is -2.05. The molecule has 0 saturated carbocycles. The van der Waals surface area contributed by atoms with Crippen molar-refractivity contribution in [1.82, 2.24) is 5.32 Å². The summed E-state index contributed by atoms with van der Waals surface area (Å²) in [4.78, 5) is 17.7. The molecule has 1 saturated heterocycles. The highest BCUT2D eigenvalue weighted by atomic mass is 127. The number of amides is 1. The zero-order chi connectivity index (χ0) is 24.1. The molecule has 3 aromatic carbocycles. The summed E-state index contributed by atoms with van der Waals surface area (Å²) in [5.74, 6) is 1.19. The summed E-state index contributed by atoms with van der Waals surface area (Å²) in [6, 6.07) is 20.0. The van der Waals surface area contributed by atoms with Crippen LogP contribution >= 0.6 is 56.9 Å². The fourth-order valence-corrected chi connectivity index (χ4v) is 5.16. The highest BCUT2D eigenvalue weighted by Gasteiger charge is 2.24. The van der Waals surface area contributed by atoms with Crippen molar-refractivity contribution < 1.29 is 14.3 Å². The lowest BCUT2D eigenvalue weighted by Gasteiger charge is -2.15. The van der Waals surface area contributed by atoms with Crippen molar-refractivity contribution in [3.63, 3.8) is 0 Å². The number of hydrogen-bond donors (Lipinski definition) is 1. The first-order chi connectivity index (χ1) is 16.4. The maximum atomic E-state index is 12.5. The van der Waals surface area contributed by atoms with E-state index in [1.807, 2.05) is 56.3 Å². The van der Waals surface area contributed by atoms with Crippen molar-refractivity contribution in [2.45, 2.75) is 20.5 Å². The normalized spacial score (nSPS) is 15.6. The predicted octanol–water partition coefficient (Wildman–Crippen LogP) is 7.07. The molecule has 0 bridgehead atoms. The molecule has 1 aliphatic heterocycles. The van der Waals surface area contributed by atoms with E-state index in [-0.39, 0.29) is 5.91 Å². The summed E-state index contributed by atoms with van der Waals surface area (Å²) in [5.41, 5.74) is 3.92. The van der Waals surface area contributed by atoms with E-state index in [9.17, 15) is 4.79 Å². The van der Waals surface area contributed by atoms with Gasteiger partial charge in [-0.3, -0.25) is 4.79 Å². The Balaban J connectivity index is 1.54. The van der Waals surface area contributed by atoms with Crippen LogP contribution in [0.2, 0.25) is 0 Å². The molecule has 4 rings (SSSR count). The molecule has 0 atom stereocenters. The minimum Gasteiger partial charge on any atom is -0.490 e. The van der Waals surface area contributed by atoms with Crippen LogP contribution in [-0.4, -0.2) is 17.7 Å². The van der Waals surface area contributed by atoms with Crippen LogP contribution in [0.15, 0.2) is 70.6 Å². The van der Waals surface area contributed by atoms with Crippen LogP contribution in [0.1, 0.15) is 23.6 Å². The summed E-state index contributed by atoms with van der Waals surface area (Å²) >= 11 is 5.86. The van der Waals surface area contributed by atoms with Crippen LogP contribution in [-0.2, 0) is 11.4 Å². The maximum Gasteiger partial charge on any atom is 0.264 e. The van der Waals surface area contributed by atoms with Gasteiger partial charge < -0.3 is 14.8 Å². The number of halogens is 2. The van der Waals surface area contributed by atoms with Gasteiger partial charge in [0.2, 0.25) is 0 Å². The number of benzene rings is 3. The topological polar surface area (TPSA) is 59.9 Å². The quantitative estimate of drug-likeness (QED) is 0.212. The van der Waals surface area contributed by atoms with Gasteiger partial charge in [0.1, 0.15) is 6.61 Å². The van der Waals surface area contributed by atoms with Crippen LogP contribution in [0, 0.1) is 14.1 Å². The average Bonchev–Trinajstić information content (AvgIpc) is 3.14. The number of ether oxygens (including phenoxy) is 2.